The Hall–Kier alpha value is -2.11. The number of hydrogen-bond donors (Lipinski definition) is 0. The average Bonchev–Trinajstić information content (AvgIpc) is 3.23. The standard InChI is InChI=1S/C53H98O6/c1-4-7-10-13-16-19-22-25-26-29-31-34-37-40-43-46-52(55)58-49-50(59-53(56)47-44-41-38-35-32-28-24-21-18-15-12-9-6-3)48-57-51(54)45-42-39-36-33-30-27-23-20-17-14-11-8-5-2/h20-21,23-24,50H,4-19,22,25-49H2,1-3H3/b23-20-,24-21-/t50-/m0/s1. The van der Waals surface area contributed by atoms with Gasteiger partial charge in [0.05, 0.1) is 0 Å². The molecular formula is C53H98O6. The molecule has 59 heavy (non-hydrogen) atoms. The predicted molar refractivity (Wildman–Crippen MR) is 252 cm³/mol. The molecule has 346 valence electrons. The number of carbonyl (C=O) groups is 3. The highest BCUT2D eigenvalue weighted by molar-refractivity contribution is 5.71. The lowest BCUT2D eigenvalue weighted by Gasteiger charge is -2.18. The van der Waals surface area contributed by atoms with Crippen molar-refractivity contribution in [2.75, 3.05) is 13.2 Å². The maximum Gasteiger partial charge on any atom is 0.306 e. The Labute approximate surface area is 366 Å². The van der Waals surface area contributed by atoms with Gasteiger partial charge in [0.15, 0.2) is 6.10 Å². The number of ether oxygens (including phenoxy) is 3. The van der Waals surface area contributed by atoms with Crippen LogP contribution in [0.15, 0.2) is 24.3 Å². The second-order valence-corrected chi connectivity index (χ2v) is 17.4. The van der Waals surface area contributed by atoms with Gasteiger partial charge in [-0.1, -0.05) is 212 Å². The fourth-order valence-corrected chi connectivity index (χ4v) is 7.49. The fourth-order valence-electron chi connectivity index (χ4n) is 7.49. The van der Waals surface area contributed by atoms with Crippen LogP contribution in [0.4, 0.5) is 0 Å². The Morgan fingerprint density at radius 2 is 0.559 bits per heavy atom. The van der Waals surface area contributed by atoms with Crippen LogP contribution in [0.2, 0.25) is 0 Å². The molecule has 0 bridgehead atoms. The quantitative estimate of drug-likeness (QED) is 0.0263. The maximum absolute atomic E-state index is 12.8. The molecule has 0 aromatic rings. The van der Waals surface area contributed by atoms with Gasteiger partial charge in [-0.25, -0.2) is 0 Å². The van der Waals surface area contributed by atoms with Crippen molar-refractivity contribution in [3.63, 3.8) is 0 Å². The first-order valence-electron chi connectivity index (χ1n) is 25.8. The van der Waals surface area contributed by atoms with E-state index < -0.39 is 6.10 Å². The smallest absolute Gasteiger partial charge is 0.306 e. The summed E-state index contributed by atoms with van der Waals surface area (Å²) in [5, 5.41) is 0. The molecule has 0 saturated heterocycles. The zero-order valence-electron chi connectivity index (χ0n) is 39.5. The fraction of sp³-hybridized carbons (Fsp3) is 0.868. The third kappa shape index (κ3) is 46.8. The second-order valence-electron chi connectivity index (χ2n) is 17.4. The first kappa shape index (κ1) is 56.9. The van der Waals surface area contributed by atoms with Crippen molar-refractivity contribution in [2.24, 2.45) is 0 Å². The van der Waals surface area contributed by atoms with Gasteiger partial charge in [-0.3, -0.25) is 14.4 Å². The number of hydrogen-bond acceptors (Lipinski definition) is 6. The van der Waals surface area contributed by atoms with Crippen LogP contribution in [0.25, 0.3) is 0 Å². The summed E-state index contributed by atoms with van der Waals surface area (Å²) < 4.78 is 16.8. The van der Waals surface area contributed by atoms with Crippen molar-refractivity contribution >= 4 is 17.9 Å². The molecule has 0 N–H and O–H groups in total. The van der Waals surface area contributed by atoms with E-state index in [1.807, 2.05) is 0 Å². The van der Waals surface area contributed by atoms with Gasteiger partial charge in [0.2, 0.25) is 0 Å². The van der Waals surface area contributed by atoms with Crippen LogP contribution in [0, 0.1) is 0 Å². The Kier molecular flexibility index (Phi) is 46.8. The highest BCUT2D eigenvalue weighted by atomic mass is 16.6. The van der Waals surface area contributed by atoms with Gasteiger partial charge in [0, 0.05) is 19.3 Å². The molecule has 0 aromatic heterocycles. The molecule has 0 aliphatic carbocycles. The van der Waals surface area contributed by atoms with Crippen molar-refractivity contribution < 1.29 is 28.6 Å². The summed E-state index contributed by atoms with van der Waals surface area (Å²) in [6.45, 7) is 6.62. The van der Waals surface area contributed by atoms with E-state index in [2.05, 4.69) is 45.1 Å². The van der Waals surface area contributed by atoms with Gasteiger partial charge in [-0.15, -0.1) is 0 Å². The van der Waals surface area contributed by atoms with Crippen molar-refractivity contribution in [2.45, 2.75) is 284 Å². The minimum absolute atomic E-state index is 0.0735. The van der Waals surface area contributed by atoms with Crippen LogP contribution >= 0.6 is 0 Å². The zero-order valence-corrected chi connectivity index (χ0v) is 39.5. The molecule has 0 heterocycles. The minimum atomic E-state index is -0.773. The van der Waals surface area contributed by atoms with E-state index in [0.717, 1.165) is 70.6 Å². The van der Waals surface area contributed by atoms with Gasteiger partial charge in [0.25, 0.3) is 0 Å². The second kappa shape index (κ2) is 48.6. The third-order valence-corrected chi connectivity index (χ3v) is 11.4. The molecule has 0 aliphatic rings. The molecule has 0 amide bonds. The van der Waals surface area contributed by atoms with E-state index in [4.69, 9.17) is 14.2 Å². The number of esters is 3. The summed E-state index contributed by atoms with van der Waals surface area (Å²) >= 11 is 0. The molecule has 1 atom stereocenters. The topological polar surface area (TPSA) is 78.9 Å². The first-order chi connectivity index (χ1) is 29.0. The summed E-state index contributed by atoms with van der Waals surface area (Å²) in [4.78, 5) is 37.9. The van der Waals surface area contributed by atoms with Gasteiger partial charge in [0.1, 0.15) is 13.2 Å². The molecule has 0 aliphatic heterocycles. The Balaban J connectivity index is 4.35. The first-order valence-corrected chi connectivity index (χ1v) is 25.8. The summed E-state index contributed by atoms with van der Waals surface area (Å²) in [7, 11) is 0. The van der Waals surface area contributed by atoms with Crippen LogP contribution in [0.3, 0.4) is 0 Å². The summed E-state index contributed by atoms with van der Waals surface area (Å²) in [6, 6.07) is 0. The minimum Gasteiger partial charge on any atom is -0.462 e. The lowest BCUT2D eigenvalue weighted by molar-refractivity contribution is -0.167. The van der Waals surface area contributed by atoms with E-state index in [0.29, 0.717) is 19.3 Å². The number of rotatable bonds is 47. The molecule has 0 spiro atoms. The monoisotopic (exact) mass is 831 g/mol. The Morgan fingerprint density at radius 3 is 0.864 bits per heavy atom. The molecule has 0 aromatic carbocycles. The zero-order chi connectivity index (χ0) is 43.0. The van der Waals surface area contributed by atoms with E-state index in [-0.39, 0.29) is 31.1 Å². The van der Waals surface area contributed by atoms with Gasteiger partial charge < -0.3 is 14.2 Å². The van der Waals surface area contributed by atoms with Crippen molar-refractivity contribution in [1.29, 1.82) is 0 Å². The SMILES string of the molecule is CCCCCC/C=C\CCCCCCCC(=O)OC[C@@H](COC(=O)CCCCCCCCCCCCCCCCC)OC(=O)CCCCCCC/C=C\CCCCCC. The summed E-state index contributed by atoms with van der Waals surface area (Å²) in [6.07, 6.45) is 54.4. The Bertz CT molecular complexity index is 958. The molecule has 0 saturated carbocycles. The molecular weight excluding hydrogens is 733 g/mol. The number of allylic oxidation sites excluding steroid dienone is 4. The number of unbranched alkanes of at least 4 members (excludes halogenated alkanes) is 32. The summed E-state index contributed by atoms with van der Waals surface area (Å²) in [5.41, 5.74) is 0. The molecule has 0 rings (SSSR count). The van der Waals surface area contributed by atoms with Crippen LogP contribution in [-0.4, -0.2) is 37.2 Å². The lowest BCUT2D eigenvalue weighted by atomic mass is 10.0. The molecule has 6 heteroatoms. The van der Waals surface area contributed by atoms with Crippen LogP contribution in [-0.2, 0) is 28.6 Å². The molecule has 0 unspecified atom stereocenters. The molecule has 6 nitrogen and oxygen atoms in total. The van der Waals surface area contributed by atoms with E-state index in [1.165, 1.54) is 167 Å². The van der Waals surface area contributed by atoms with Crippen molar-refractivity contribution in [1.82, 2.24) is 0 Å². The van der Waals surface area contributed by atoms with E-state index in [9.17, 15) is 14.4 Å². The van der Waals surface area contributed by atoms with E-state index >= 15 is 0 Å². The molecule has 0 fully saturated rings. The van der Waals surface area contributed by atoms with Gasteiger partial charge >= 0.3 is 17.9 Å². The van der Waals surface area contributed by atoms with Gasteiger partial charge in [-0.05, 0) is 70.6 Å². The third-order valence-electron chi connectivity index (χ3n) is 11.4. The lowest BCUT2D eigenvalue weighted by Crippen LogP contribution is -2.30. The number of carbonyl (C=O) groups excluding carboxylic acids is 3. The summed E-state index contributed by atoms with van der Waals surface area (Å²) in [5.74, 6) is -0.879. The molecule has 0 radical (unpaired) electrons. The van der Waals surface area contributed by atoms with Crippen molar-refractivity contribution in [3.8, 4) is 0 Å². The van der Waals surface area contributed by atoms with Crippen LogP contribution in [0.1, 0.15) is 278 Å². The highest BCUT2D eigenvalue weighted by Crippen LogP contribution is 2.15. The van der Waals surface area contributed by atoms with Crippen LogP contribution < -0.4 is 0 Å². The highest BCUT2D eigenvalue weighted by Gasteiger charge is 2.19. The largest absolute Gasteiger partial charge is 0.462 e. The average molecular weight is 831 g/mol. The predicted octanol–water partition coefficient (Wildman–Crippen LogP) is 16.8. The van der Waals surface area contributed by atoms with Crippen molar-refractivity contribution in [3.05, 3.63) is 24.3 Å². The van der Waals surface area contributed by atoms with E-state index in [1.54, 1.807) is 0 Å². The normalized spacial score (nSPS) is 12.1. The Morgan fingerprint density at radius 1 is 0.322 bits per heavy atom. The van der Waals surface area contributed by atoms with Crippen LogP contribution in [0.5, 0.6) is 0 Å². The maximum atomic E-state index is 12.8. The van der Waals surface area contributed by atoms with Gasteiger partial charge in [-0.2, -0.15) is 0 Å².